The topological polar surface area (TPSA) is 57.4 Å². The standard InChI is InChI=1S/C18H31N5O/c1-3-4-9-22-10-5-6-15(13-22)18-20-19-17(21(18)2)14-23-11-7-16(24)8-12-23/h3-4,15-16,24H,5-14H2,1-2H3/b4-3+/t15-/m0/s1. The van der Waals surface area contributed by atoms with Gasteiger partial charge >= 0.3 is 0 Å². The summed E-state index contributed by atoms with van der Waals surface area (Å²) in [6.07, 6.45) is 8.40. The predicted molar refractivity (Wildman–Crippen MR) is 94.7 cm³/mol. The van der Waals surface area contributed by atoms with Crippen LogP contribution in [0.3, 0.4) is 0 Å². The van der Waals surface area contributed by atoms with Crippen molar-refractivity contribution in [2.24, 2.45) is 7.05 Å². The number of allylic oxidation sites excluding steroid dienone is 1. The number of aliphatic hydroxyl groups is 1. The molecule has 1 atom stereocenters. The molecule has 6 heteroatoms. The molecule has 1 N–H and O–H groups in total. The molecule has 0 unspecified atom stereocenters. The molecule has 0 radical (unpaired) electrons. The van der Waals surface area contributed by atoms with Gasteiger partial charge < -0.3 is 9.67 Å². The highest BCUT2D eigenvalue weighted by molar-refractivity contribution is 5.04. The minimum Gasteiger partial charge on any atom is -0.393 e. The molecule has 0 amide bonds. The lowest BCUT2D eigenvalue weighted by Crippen LogP contribution is -2.36. The van der Waals surface area contributed by atoms with Crippen molar-refractivity contribution in [1.82, 2.24) is 24.6 Å². The Morgan fingerprint density at radius 3 is 2.67 bits per heavy atom. The van der Waals surface area contributed by atoms with Crippen LogP contribution < -0.4 is 0 Å². The average Bonchev–Trinajstić information content (AvgIpc) is 2.96. The first-order valence-electron chi connectivity index (χ1n) is 9.29. The predicted octanol–water partition coefficient (Wildman–Crippen LogP) is 1.53. The van der Waals surface area contributed by atoms with E-state index in [4.69, 9.17) is 0 Å². The summed E-state index contributed by atoms with van der Waals surface area (Å²) in [6, 6.07) is 0. The van der Waals surface area contributed by atoms with Crippen LogP contribution in [0.2, 0.25) is 0 Å². The molecule has 2 aliphatic heterocycles. The lowest BCUT2D eigenvalue weighted by atomic mass is 9.97. The second kappa shape index (κ2) is 8.23. The van der Waals surface area contributed by atoms with Crippen LogP contribution in [0.25, 0.3) is 0 Å². The Balaban J connectivity index is 1.61. The van der Waals surface area contributed by atoms with Crippen molar-refractivity contribution < 1.29 is 5.11 Å². The van der Waals surface area contributed by atoms with Gasteiger partial charge in [-0.25, -0.2) is 0 Å². The lowest BCUT2D eigenvalue weighted by Gasteiger charge is -2.31. The Kier molecular flexibility index (Phi) is 6.03. The largest absolute Gasteiger partial charge is 0.393 e. The van der Waals surface area contributed by atoms with Crippen molar-refractivity contribution in [3.8, 4) is 0 Å². The fraction of sp³-hybridized carbons (Fsp3) is 0.778. The highest BCUT2D eigenvalue weighted by atomic mass is 16.3. The van der Waals surface area contributed by atoms with E-state index in [2.05, 4.69) is 50.7 Å². The Morgan fingerprint density at radius 2 is 1.92 bits per heavy atom. The molecule has 134 valence electrons. The van der Waals surface area contributed by atoms with Crippen LogP contribution in [0.15, 0.2) is 12.2 Å². The molecule has 1 aromatic heterocycles. The van der Waals surface area contributed by atoms with Crippen LogP contribution in [0.1, 0.15) is 50.2 Å². The number of hydrogen-bond donors (Lipinski definition) is 1. The molecule has 0 bridgehead atoms. The fourth-order valence-electron chi connectivity index (χ4n) is 3.83. The highest BCUT2D eigenvalue weighted by Crippen LogP contribution is 2.26. The zero-order valence-corrected chi connectivity index (χ0v) is 15.1. The molecule has 0 saturated carbocycles. The molecule has 0 aliphatic carbocycles. The van der Waals surface area contributed by atoms with E-state index in [1.807, 2.05) is 0 Å². The normalized spacial score (nSPS) is 24.9. The molecule has 1 aromatic rings. The Hall–Kier alpha value is -1.24. The van der Waals surface area contributed by atoms with E-state index < -0.39 is 0 Å². The maximum Gasteiger partial charge on any atom is 0.146 e. The highest BCUT2D eigenvalue weighted by Gasteiger charge is 2.26. The van der Waals surface area contributed by atoms with Gasteiger partial charge in [-0.05, 0) is 39.2 Å². The quantitative estimate of drug-likeness (QED) is 0.828. The third-order valence-corrected chi connectivity index (χ3v) is 5.39. The molecule has 2 aliphatic rings. The van der Waals surface area contributed by atoms with Crippen LogP contribution in [0, 0.1) is 0 Å². The second-order valence-corrected chi connectivity index (χ2v) is 7.21. The molecule has 0 spiro atoms. The first-order valence-corrected chi connectivity index (χ1v) is 9.29. The number of hydrogen-bond acceptors (Lipinski definition) is 5. The number of aliphatic hydroxyl groups excluding tert-OH is 1. The number of nitrogens with zero attached hydrogens (tertiary/aromatic N) is 5. The van der Waals surface area contributed by atoms with Crippen molar-refractivity contribution >= 4 is 0 Å². The Bertz CT molecular complexity index is 548. The summed E-state index contributed by atoms with van der Waals surface area (Å²) in [5.41, 5.74) is 0. The van der Waals surface area contributed by atoms with Crippen molar-refractivity contribution in [2.75, 3.05) is 32.7 Å². The Labute approximate surface area is 145 Å². The van der Waals surface area contributed by atoms with E-state index in [9.17, 15) is 5.11 Å². The van der Waals surface area contributed by atoms with Gasteiger partial charge in [0.2, 0.25) is 0 Å². The molecule has 6 nitrogen and oxygen atoms in total. The molecule has 24 heavy (non-hydrogen) atoms. The zero-order valence-electron chi connectivity index (χ0n) is 15.1. The van der Waals surface area contributed by atoms with E-state index in [1.165, 1.54) is 19.4 Å². The van der Waals surface area contributed by atoms with Gasteiger partial charge in [0.1, 0.15) is 11.6 Å². The number of likely N-dealkylation sites (tertiary alicyclic amines) is 2. The lowest BCUT2D eigenvalue weighted by molar-refractivity contribution is 0.0775. The summed E-state index contributed by atoms with van der Waals surface area (Å²) in [7, 11) is 2.11. The van der Waals surface area contributed by atoms with Gasteiger partial charge in [0.05, 0.1) is 12.6 Å². The van der Waals surface area contributed by atoms with Crippen molar-refractivity contribution in [1.29, 1.82) is 0 Å². The molecule has 3 heterocycles. The zero-order chi connectivity index (χ0) is 16.9. The maximum absolute atomic E-state index is 9.64. The van der Waals surface area contributed by atoms with Gasteiger partial charge in [-0.3, -0.25) is 9.80 Å². The molecular formula is C18H31N5O. The molecular weight excluding hydrogens is 302 g/mol. The minimum atomic E-state index is -0.123. The van der Waals surface area contributed by atoms with Crippen molar-refractivity contribution in [2.45, 2.75) is 51.2 Å². The summed E-state index contributed by atoms with van der Waals surface area (Å²) in [5, 5.41) is 18.6. The van der Waals surface area contributed by atoms with E-state index in [0.29, 0.717) is 5.92 Å². The molecule has 0 aromatic carbocycles. The van der Waals surface area contributed by atoms with Crippen LogP contribution in [-0.4, -0.2) is 68.5 Å². The molecule has 2 fully saturated rings. The summed E-state index contributed by atoms with van der Waals surface area (Å²) >= 11 is 0. The summed E-state index contributed by atoms with van der Waals surface area (Å²) < 4.78 is 2.20. The first-order chi connectivity index (χ1) is 11.7. The van der Waals surface area contributed by atoms with E-state index in [1.54, 1.807) is 0 Å². The third kappa shape index (κ3) is 4.23. The number of piperidine rings is 2. The number of rotatable bonds is 5. The summed E-state index contributed by atoms with van der Waals surface area (Å²) in [5.74, 6) is 2.66. The molecule has 3 rings (SSSR count). The minimum absolute atomic E-state index is 0.123. The molecule has 2 saturated heterocycles. The smallest absolute Gasteiger partial charge is 0.146 e. The van der Waals surface area contributed by atoms with Crippen LogP contribution in [0.4, 0.5) is 0 Å². The maximum atomic E-state index is 9.64. The van der Waals surface area contributed by atoms with E-state index in [-0.39, 0.29) is 6.10 Å². The van der Waals surface area contributed by atoms with Gasteiger partial charge in [0.15, 0.2) is 0 Å². The average molecular weight is 333 g/mol. The van der Waals surface area contributed by atoms with Crippen LogP contribution in [0.5, 0.6) is 0 Å². The van der Waals surface area contributed by atoms with Crippen molar-refractivity contribution in [3.05, 3.63) is 23.8 Å². The van der Waals surface area contributed by atoms with Crippen molar-refractivity contribution in [3.63, 3.8) is 0 Å². The van der Waals surface area contributed by atoms with E-state index >= 15 is 0 Å². The third-order valence-electron chi connectivity index (χ3n) is 5.39. The second-order valence-electron chi connectivity index (χ2n) is 7.21. The van der Waals surface area contributed by atoms with Gasteiger partial charge in [0, 0.05) is 39.1 Å². The SMILES string of the molecule is C/C=C/CN1CCC[C@H](c2nnc(CN3CCC(O)CC3)n2C)C1. The van der Waals surface area contributed by atoms with Gasteiger partial charge in [-0.1, -0.05) is 12.2 Å². The summed E-state index contributed by atoms with van der Waals surface area (Å²) in [4.78, 5) is 4.88. The first kappa shape index (κ1) is 17.6. The Morgan fingerprint density at radius 1 is 1.12 bits per heavy atom. The monoisotopic (exact) mass is 333 g/mol. The van der Waals surface area contributed by atoms with Crippen LogP contribution >= 0.6 is 0 Å². The van der Waals surface area contributed by atoms with Gasteiger partial charge in [0.25, 0.3) is 0 Å². The van der Waals surface area contributed by atoms with Crippen LogP contribution in [-0.2, 0) is 13.6 Å². The van der Waals surface area contributed by atoms with Gasteiger partial charge in [-0.2, -0.15) is 0 Å². The van der Waals surface area contributed by atoms with Gasteiger partial charge in [-0.15, -0.1) is 10.2 Å². The fourth-order valence-corrected chi connectivity index (χ4v) is 3.83. The number of aromatic nitrogens is 3. The van der Waals surface area contributed by atoms with E-state index in [0.717, 1.165) is 57.2 Å². The summed E-state index contributed by atoms with van der Waals surface area (Å²) in [6.45, 7) is 8.11.